The minimum atomic E-state index is -0.864. The Hall–Kier alpha value is -2.04. The van der Waals surface area contributed by atoms with Crippen molar-refractivity contribution in [2.24, 2.45) is 11.8 Å². The summed E-state index contributed by atoms with van der Waals surface area (Å²) in [6.07, 6.45) is 1.32. The van der Waals surface area contributed by atoms with Crippen LogP contribution < -0.4 is 10.2 Å². The van der Waals surface area contributed by atoms with Gasteiger partial charge in [0.2, 0.25) is 5.91 Å². The highest BCUT2D eigenvalue weighted by atomic mass is 16.4. The van der Waals surface area contributed by atoms with Crippen LogP contribution in [0.4, 0.5) is 5.69 Å². The van der Waals surface area contributed by atoms with Crippen molar-refractivity contribution in [2.45, 2.75) is 19.8 Å². The molecule has 0 saturated heterocycles. The number of amides is 1. The Balaban J connectivity index is 1.67. The highest BCUT2D eigenvalue weighted by Crippen LogP contribution is 2.38. The lowest BCUT2D eigenvalue weighted by molar-refractivity contribution is -0.140. The van der Waals surface area contributed by atoms with Crippen LogP contribution in [0.2, 0.25) is 0 Å². The number of rotatable bonds is 8. The summed E-state index contributed by atoms with van der Waals surface area (Å²) in [5, 5.41) is 11.6. The molecule has 114 valence electrons. The van der Waals surface area contributed by atoms with Crippen molar-refractivity contribution in [3.63, 3.8) is 0 Å². The molecule has 5 heteroatoms. The quantitative estimate of drug-likeness (QED) is 0.716. The van der Waals surface area contributed by atoms with Gasteiger partial charge in [-0.3, -0.25) is 9.59 Å². The average Bonchev–Trinajstić information content (AvgIpc) is 3.29. The van der Waals surface area contributed by atoms with Crippen LogP contribution in [0.25, 0.3) is 0 Å². The molecule has 1 aliphatic rings. The van der Waals surface area contributed by atoms with Crippen LogP contribution in [-0.4, -0.2) is 36.6 Å². The molecule has 1 fully saturated rings. The lowest BCUT2D eigenvalue weighted by atomic mass is 10.2. The molecular weight excluding hydrogens is 268 g/mol. The van der Waals surface area contributed by atoms with Crippen LogP contribution >= 0.6 is 0 Å². The number of nitrogens with zero attached hydrogens (tertiary/aromatic N) is 1. The smallest absolute Gasteiger partial charge is 0.307 e. The molecule has 1 aromatic carbocycles. The van der Waals surface area contributed by atoms with Crippen molar-refractivity contribution in [2.75, 3.05) is 24.5 Å². The number of carbonyl (C=O) groups is 2. The van der Waals surface area contributed by atoms with Crippen molar-refractivity contribution in [1.82, 2.24) is 5.32 Å². The van der Waals surface area contributed by atoms with Gasteiger partial charge in [0, 0.05) is 25.3 Å². The molecule has 0 spiro atoms. The number of carboxylic acids is 1. The second kappa shape index (κ2) is 7.11. The molecule has 2 N–H and O–H groups in total. The molecule has 0 heterocycles. The maximum absolute atomic E-state index is 11.7. The SMILES string of the molecule is CCN(CCCNC(=O)C1CC1C(=O)O)c1ccccc1. The van der Waals surface area contributed by atoms with E-state index in [1.54, 1.807) is 0 Å². The summed E-state index contributed by atoms with van der Waals surface area (Å²) in [7, 11) is 0. The van der Waals surface area contributed by atoms with Gasteiger partial charge < -0.3 is 15.3 Å². The minimum Gasteiger partial charge on any atom is -0.481 e. The van der Waals surface area contributed by atoms with Gasteiger partial charge in [0.05, 0.1) is 11.8 Å². The van der Waals surface area contributed by atoms with Gasteiger partial charge in [0.1, 0.15) is 0 Å². The highest BCUT2D eigenvalue weighted by Gasteiger charge is 2.48. The Morgan fingerprint density at radius 3 is 2.57 bits per heavy atom. The monoisotopic (exact) mass is 290 g/mol. The van der Waals surface area contributed by atoms with Gasteiger partial charge in [-0.2, -0.15) is 0 Å². The number of aliphatic carboxylic acids is 1. The van der Waals surface area contributed by atoms with Gasteiger partial charge in [-0.05, 0) is 31.9 Å². The fourth-order valence-corrected chi connectivity index (χ4v) is 2.48. The van der Waals surface area contributed by atoms with Gasteiger partial charge in [0.25, 0.3) is 0 Å². The Kier molecular flexibility index (Phi) is 5.20. The zero-order valence-corrected chi connectivity index (χ0v) is 12.3. The van der Waals surface area contributed by atoms with E-state index in [9.17, 15) is 9.59 Å². The standard InChI is InChI=1S/C16H22N2O3/c1-2-18(12-7-4-3-5-8-12)10-6-9-17-15(19)13-11-14(13)16(20)21/h3-5,7-8,13-14H,2,6,9-11H2,1H3,(H,17,19)(H,20,21). The highest BCUT2D eigenvalue weighted by molar-refractivity contribution is 5.89. The van der Waals surface area contributed by atoms with Crippen molar-refractivity contribution >= 4 is 17.6 Å². The third-order valence-corrected chi connectivity index (χ3v) is 3.85. The molecule has 0 radical (unpaired) electrons. The van der Waals surface area contributed by atoms with E-state index < -0.39 is 11.9 Å². The maximum atomic E-state index is 11.7. The van der Waals surface area contributed by atoms with E-state index in [2.05, 4.69) is 29.3 Å². The molecule has 0 aliphatic heterocycles. The first-order chi connectivity index (χ1) is 10.1. The number of nitrogens with one attached hydrogen (secondary N) is 1. The first-order valence-corrected chi connectivity index (χ1v) is 7.44. The van der Waals surface area contributed by atoms with Crippen LogP contribution in [0.1, 0.15) is 19.8 Å². The molecule has 2 unspecified atom stereocenters. The molecule has 1 amide bonds. The number of carbonyl (C=O) groups excluding carboxylic acids is 1. The number of para-hydroxylation sites is 1. The summed E-state index contributed by atoms with van der Waals surface area (Å²) in [6, 6.07) is 10.2. The van der Waals surface area contributed by atoms with E-state index in [0.717, 1.165) is 19.5 Å². The zero-order valence-electron chi connectivity index (χ0n) is 12.3. The van der Waals surface area contributed by atoms with E-state index >= 15 is 0 Å². The van der Waals surface area contributed by atoms with Crippen LogP contribution in [0.5, 0.6) is 0 Å². The maximum Gasteiger partial charge on any atom is 0.307 e. The van der Waals surface area contributed by atoms with E-state index in [4.69, 9.17) is 5.11 Å². The van der Waals surface area contributed by atoms with Crippen LogP contribution in [0.15, 0.2) is 30.3 Å². The minimum absolute atomic E-state index is 0.120. The normalized spacial score (nSPS) is 19.9. The Morgan fingerprint density at radius 1 is 1.29 bits per heavy atom. The summed E-state index contributed by atoms with van der Waals surface area (Å²) in [4.78, 5) is 24.7. The fourth-order valence-electron chi connectivity index (χ4n) is 2.48. The Bertz CT molecular complexity index is 490. The molecule has 21 heavy (non-hydrogen) atoms. The number of anilines is 1. The molecule has 2 rings (SSSR count). The van der Waals surface area contributed by atoms with Crippen LogP contribution in [-0.2, 0) is 9.59 Å². The van der Waals surface area contributed by atoms with Crippen molar-refractivity contribution < 1.29 is 14.7 Å². The van der Waals surface area contributed by atoms with Gasteiger partial charge in [-0.15, -0.1) is 0 Å². The van der Waals surface area contributed by atoms with Gasteiger partial charge in [-0.25, -0.2) is 0 Å². The molecular formula is C16H22N2O3. The number of hydrogen-bond acceptors (Lipinski definition) is 3. The molecule has 1 saturated carbocycles. The molecule has 2 atom stereocenters. The summed E-state index contributed by atoms with van der Waals surface area (Å²) < 4.78 is 0. The Labute approximate surface area is 125 Å². The molecule has 1 aromatic rings. The predicted molar refractivity (Wildman–Crippen MR) is 81.2 cm³/mol. The summed E-state index contributed by atoms with van der Waals surface area (Å²) in [6.45, 7) is 4.48. The summed E-state index contributed by atoms with van der Waals surface area (Å²) >= 11 is 0. The fraction of sp³-hybridized carbons (Fsp3) is 0.500. The number of carboxylic acid groups (broad SMARTS) is 1. The lowest BCUT2D eigenvalue weighted by Gasteiger charge is -2.23. The first kappa shape index (κ1) is 15.4. The largest absolute Gasteiger partial charge is 0.481 e. The van der Waals surface area contributed by atoms with E-state index in [1.165, 1.54) is 5.69 Å². The van der Waals surface area contributed by atoms with Crippen molar-refractivity contribution in [3.05, 3.63) is 30.3 Å². The first-order valence-electron chi connectivity index (χ1n) is 7.44. The topological polar surface area (TPSA) is 69.6 Å². The predicted octanol–water partition coefficient (Wildman–Crippen LogP) is 1.74. The van der Waals surface area contributed by atoms with Gasteiger partial charge in [0.15, 0.2) is 0 Å². The van der Waals surface area contributed by atoms with Gasteiger partial charge in [-0.1, -0.05) is 18.2 Å². The van der Waals surface area contributed by atoms with E-state index in [-0.39, 0.29) is 11.8 Å². The molecule has 0 bridgehead atoms. The summed E-state index contributed by atoms with van der Waals surface area (Å²) in [5.74, 6) is -1.78. The third-order valence-electron chi connectivity index (χ3n) is 3.85. The second-order valence-electron chi connectivity index (χ2n) is 5.35. The number of benzene rings is 1. The van der Waals surface area contributed by atoms with Crippen molar-refractivity contribution in [3.8, 4) is 0 Å². The molecule has 0 aromatic heterocycles. The van der Waals surface area contributed by atoms with E-state index in [0.29, 0.717) is 13.0 Å². The average molecular weight is 290 g/mol. The second-order valence-corrected chi connectivity index (χ2v) is 5.35. The third kappa shape index (κ3) is 4.21. The van der Waals surface area contributed by atoms with Crippen LogP contribution in [0.3, 0.4) is 0 Å². The van der Waals surface area contributed by atoms with E-state index in [1.807, 2.05) is 18.2 Å². The zero-order chi connectivity index (χ0) is 15.2. The molecule has 5 nitrogen and oxygen atoms in total. The molecule has 1 aliphatic carbocycles. The lowest BCUT2D eigenvalue weighted by Crippen LogP contribution is -2.31. The van der Waals surface area contributed by atoms with Crippen LogP contribution in [0, 0.1) is 11.8 Å². The number of hydrogen-bond donors (Lipinski definition) is 2. The summed E-state index contributed by atoms with van der Waals surface area (Å²) in [5.41, 5.74) is 1.18. The Morgan fingerprint density at radius 2 is 2.00 bits per heavy atom. The van der Waals surface area contributed by atoms with Gasteiger partial charge >= 0.3 is 5.97 Å². The van der Waals surface area contributed by atoms with Crippen molar-refractivity contribution in [1.29, 1.82) is 0 Å².